The van der Waals surface area contributed by atoms with Crippen molar-refractivity contribution < 1.29 is 4.68 Å². The van der Waals surface area contributed by atoms with Crippen molar-refractivity contribution in [2.75, 3.05) is 32.7 Å². The van der Waals surface area contributed by atoms with Gasteiger partial charge >= 0.3 is 0 Å². The Morgan fingerprint density at radius 3 is 1.91 bits per heavy atom. The van der Waals surface area contributed by atoms with Crippen molar-refractivity contribution in [1.29, 1.82) is 0 Å². The van der Waals surface area contributed by atoms with Gasteiger partial charge in [-0.15, -0.1) is 14.5 Å². The van der Waals surface area contributed by atoms with Gasteiger partial charge in [-0.05, 0) is 84.9 Å². The standard InChI is InChI=1S/C54H55N10/c1-4-5-25-43-39(2)35-50-53(55-56-61(50)37-40-20-8-6-9-21-40)54-49(62(57-58(54)3)38-41-22-10-7-11-23-41)31-32-51-59-33-18-19-34-60-46-28-15-16-29-47(46)63(43)52(60)36-42-24-12-13-26-44(42)64(51)48-30-17-14-27-45(48)59/h4-17,20-30,51-52H,2,18-19,31-38H2,1,3H3/q+1/b5-4-,43-25+. The summed E-state index contributed by atoms with van der Waals surface area (Å²) in [7, 11) is 2.07. The van der Waals surface area contributed by atoms with Gasteiger partial charge in [-0.2, -0.15) is 0 Å². The first-order valence-electron chi connectivity index (χ1n) is 22.9. The number of para-hydroxylation sites is 5. The molecule has 0 saturated heterocycles. The Morgan fingerprint density at radius 1 is 0.656 bits per heavy atom. The zero-order valence-corrected chi connectivity index (χ0v) is 36.8. The minimum absolute atomic E-state index is 0.0129. The van der Waals surface area contributed by atoms with E-state index in [-0.39, 0.29) is 12.3 Å². The lowest BCUT2D eigenvalue weighted by Gasteiger charge is -2.38. The van der Waals surface area contributed by atoms with Gasteiger partial charge in [0.2, 0.25) is 5.69 Å². The van der Waals surface area contributed by atoms with Gasteiger partial charge in [-0.1, -0.05) is 127 Å². The van der Waals surface area contributed by atoms with E-state index in [1.54, 1.807) is 0 Å². The number of hydrogen-bond acceptors (Lipinski definition) is 7. The minimum Gasteiger partial charge on any atom is -0.349 e. The second-order valence-corrected chi connectivity index (χ2v) is 17.5. The van der Waals surface area contributed by atoms with E-state index in [9.17, 15) is 0 Å². The Labute approximate surface area is 376 Å². The molecule has 11 rings (SSSR count). The van der Waals surface area contributed by atoms with E-state index in [1.807, 2.05) is 4.68 Å². The molecule has 0 fully saturated rings. The quantitative estimate of drug-likeness (QED) is 0.160. The summed E-state index contributed by atoms with van der Waals surface area (Å²) < 4.78 is 6.35. The van der Waals surface area contributed by atoms with Gasteiger partial charge in [-0.25, -0.2) is 4.68 Å². The highest BCUT2D eigenvalue weighted by molar-refractivity contribution is 5.86. The normalized spacial score (nSPS) is 18.9. The molecule has 0 radical (unpaired) electrons. The Kier molecular flexibility index (Phi) is 10.4. The molecule has 2 aromatic heterocycles. The average molecular weight is 844 g/mol. The molecule has 0 saturated carbocycles. The van der Waals surface area contributed by atoms with E-state index >= 15 is 0 Å². The third-order valence-corrected chi connectivity index (χ3v) is 13.6. The fourth-order valence-corrected chi connectivity index (χ4v) is 10.7. The van der Waals surface area contributed by atoms with E-state index in [0.717, 1.165) is 79.2 Å². The van der Waals surface area contributed by atoms with Crippen LogP contribution in [0.4, 0.5) is 28.4 Å². The summed E-state index contributed by atoms with van der Waals surface area (Å²) in [5, 5.41) is 15.4. The Bertz CT molecular complexity index is 2890. The highest BCUT2D eigenvalue weighted by Gasteiger charge is 2.43. The van der Waals surface area contributed by atoms with Crippen molar-refractivity contribution in [3.8, 4) is 11.4 Å². The predicted molar refractivity (Wildman–Crippen MR) is 257 cm³/mol. The molecule has 320 valence electrons. The summed E-state index contributed by atoms with van der Waals surface area (Å²) in [6, 6.07) is 48.5. The van der Waals surface area contributed by atoms with E-state index < -0.39 is 0 Å². The molecule has 2 atom stereocenters. The lowest BCUT2D eigenvalue weighted by molar-refractivity contribution is -0.722. The van der Waals surface area contributed by atoms with Gasteiger partial charge in [0, 0.05) is 43.7 Å². The summed E-state index contributed by atoms with van der Waals surface area (Å²) in [4.78, 5) is 10.6. The highest BCUT2D eigenvalue weighted by Crippen LogP contribution is 2.49. The summed E-state index contributed by atoms with van der Waals surface area (Å²) in [5.41, 5.74) is 16.1. The zero-order chi connectivity index (χ0) is 43.1. The Hall–Kier alpha value is -7.20. The van der Waals surface area contributed by atoms with Crippen LogP contribution in [-0.2, 0) is 39.4 Å². The van der Waals surface area contributed by atoms with Crippen LogP contribution >= 0.6 is 0 Å². The maximum Gasteiger partial charge on any atom is 0.222 e. The number of nitrogens with zero attached hydrogens (tertiary/aromatic N) is 10. The summed E-state index contributed by atoms with van der Waals surface area (Å²) >= 11 is 0. The van der Waals surface area contributed by atoms with Gasteiger partial charge < -0.3 is 19.6 Å². The summed E-state index contributed by atoms with van der Waals surface area (Å²) in [6.07, 6.45) is 11.8. The van der Waals surface area contributed by atoms with E-state index in [4.69, 9.17) is 22.1 Å². The van der Waals surface area contributed by atoms with Gasteiger partial charge in [0.15, 0.2) is 11.4 Å². The monoisotopic (exact) mass is 843 g/mol. The van der Waals surface area contributed by atoms with Crippen molar-refractivity contribution >= 4 is 28.4 Å². The van der Waals surface area contributed by atoms with Crippen molar-refractivity contribution in [1.82, 2.24) is 24.9 Å². The minimum atomic E-state index is 0.0129. The van der Waals surface area contributed by atoms with E-state index in [2.05, 4.69) is 195 Å². The smallest absolute Gasteiger partial charge is 0.222 e. The number of fused-ring (bicyclic) bond motifs is 8. The number of hydrogen-bond donors (Lipinski definition) is 0. The fraction of sp³-hybridized carbons (Fsp3) is 0.259. The number of aryl methyl sites for hydroxylation is 1. The first kappa shape index (κ1) is 39.6. The molecule has 2 unspecified atom stereocenters. The SMILES string of the molecule is C=C1Cc2c(nnn2Cc2ccccc2)-c2c(n(Cc3ccccc3)n[n+]2C)CCC2N3CCCCN4c5ccccc5N(/C1=C/C=C\C)C4Cc1ccccc1N2c1ccccc13. The fourth-order valence-electron chi connectivity index (χ4n) is 10.7. The van der Waals surface area contributed by atoms with Crippen molar-refractivity contribution in [3.63, 3.8) is 0 Å². The molecule has 4 aliphatic rings. The van der Waals surface area contributed by atoms with Gasteiger partial charge in [0.05, 0.1) is 40.2 Å². The van der Waals surface area contributed by atoms with Crippen molar-refractivity contribution in [2.24, 2.45) is 7.05 Å². The molecule has 64 heavy (non-hydrogen) atoms. The van der Waals surface area contributed by atoms with Crippen LogP contribution in [0.3, 0.4) is 0 Å². The predicted octanol–water partition coefficient (Wildman–Crippen LogP) is 9.54. The summed E-state index contributed by atoms with van der Waals surface area (Å²) in [6.45, 7) is 10.2. The second-order valence-electron chi connectivity index (χ2n) is 17.5. The van der Waals surface area contributed by atoms with Gasteiger partial charge in [0.1, 0.15) is 25.9 Å². The maximum absolute atomic E-state index is 5.29. The number of anilines is 5. The topological polar surface area (TPSA) is 65.4 Å². The van der Waals surface area contributed by atoms with Crippen molar-refractivity contribution in [3.05, 3.63) is 198 Å². The lowest BCUT2D eigenvalue weighted by Crippen LogP contribution is -2.47. The number of aromatic nitrogens is 6. The number of benzene rings is 5. The first-order chi connectivity index (χ1) is 31.6. The molecule has 5 aromatic carbocycles. The van der Waals surface area contributed by atoms with Crippen LogP contribution in [0.2, 0.25) is 0 Å². The number of allylic oxidation sites excluding steroid dienone is 4. The van der Waals surface area contributed by atoms with Crippen LogP contribution in [0, 0.1) is 0 Å². The molecule has 10 nitrogen and oxygen atoms in total. The maximum atomic E-state index is 5.29. The molecule has 4 bridgehead atoms. The molecular formula is C54H55N10+. The van der Waals surface area contributed by atoms with Crippen LogP contribution < -0.4 is 24.3 Å². The Morgan fingerprint density at radius 2 is 1.23 bits per heavy atom. The van der Waals surface area contributed by atoms with E-state index in [1.165, 1.54) is 45.1 Å². The molecule has 6 heterocycles. The van der Waals surface area contributed by atoms with Crippen molar-refractivity contribution in [2.45, 2.75) is 70.9 Å². The summed E-state index contributed by atoms with van der Waals surface area (Å²) in [5.74, 6) is 0. The van der Waals surface area contributed by atoms with Crippen LogP contribution in [-0.4, -0.2) is 50.3 Å². The molecule has 7 aromatic rings. The molecule has 0 spiro atoms. The molecule has 0 N–H and O–H groups in total. The van der Waals surface area contributed by atoms with Crippen LogP contribution in [0.25, 0.3) is 11.4 Å². The lowest BCUT2D eigenvalue weighted by atomic mass is 9.99. The highest BCUT2D eigenvalue weighted by atomic mass is 15.5. The molecule has 10 heteroatoms. The molecular weight excluding hydrogens is 789 g/mol. The van der Waals surface area contributed by atoms with Crippen LogP contribution in [0.5, 0.6) is 0 Å². The molecule has 0 amide bonds. The van der Waals surface area contributed by atoms with Gasteiger partial charge in [0.25, 0.3) is 0 Å². The van der Waals surface area contributed by atoms with Crippen LogP contribution in [0.15, 0.2) is 170 Å². The Balaban J connectivity index is 1.17. The van der Waals surface area contributed by atoms with Crippen LogP contribution in [0.1, 0.15) is 54.3 Å². The zero-order valence-electron chi connectivity index (χ0n) is 36.8. The largest absolute Gasteiger partial charge is 0.349 e. The molecule has 4 aliphatic heterocycles. The second kappa shape index (κ2) is 16.8. The van der Waals surface area contributed by atoms with Gasteiger partial charge in [-0.3, -0.25) is 0 Å². The number of rotatable bonds is 5. The third kappa shape index (κ3) is 6.97. The average Bonchev–Trinajstić information content (AvgIpc) is 4.03. The third-order valence-electron chi connectivity index (χ3n) is 13.6. The molecule has 0 aliphatic carbocycles. The first-order valence-corrected chi connectivity index (χ1v) is 22.9. The van der Waals surface area contributed by atoms with E-state index in [0.29, 0.717) is 19.5 Å².